The fourth-order valence-corrected chi connectivity index (χ4v) is 3.61. The highest BCUT2D eigenvalue weighted by atomic mass is 32.1. The molecule has 1 saturated heterocycles. The normalized spacial score (nSPS) is 19.2. The number of hydrogen-bond donors (Lipinski definition) is 1. The van der Waals surface area contributed by atoms with Crippen molar-refractivity contribution >= 4 is 16.5 Å². The van der Waals surface area contributed by atoms with Crippen molar-refractivity contribution in [2.75, 3.05) is 18.0 Å². The van der Waals surface area contributed by atoms with Gasteiger partial charge in [-0.25, -0.2) is 4.98 Å². The van der Waals surface area contributed by atoms with Gasteiger partial charge in [0.05, 0.1) is 5.69 Å². The summed E-state index contributed by atoms with van der Waals surface area (Å²) in [5, 5.41) is 1.19. The zero-order chi connectivity index (χ0) is 13.2. The summed E-state index contributed by atoms with van der Waals surface area (Å²) < 4.78 is 0. The Morgan fingerprint density at radius 1 is 1.33 bits per heavy atom. The van der Waals surface area contributed by atoms with E-state index in [0.29, 0.717) is 12.0 Å². The third kappa shape index (κ3) is 2.69. The van der Waals surface area contributed by atoms with Gasteiger partial charge in [-0.3, -0.25) is 0 Å². The first kappa shape index (κ1) is 13.8. The van der Waals surface area contributed by atoms with Gasteiger partial charge in [0.25, 0.3) is 0 Å². The molecule has 0 saturated carbocycles. The molecule has 2 N–H and O–H groups in total. The second kappa shape index (κ2) is 5.57. The fraction of sp³-hybridized carbons (Fsp3) is 0.786. The number of aryl methyl sites for hydroxylation is 1. The van der Waals surface area contributed by atoms with Crippen LogP contribution in [0.25, 0.3) is 0 Å². The lowest BCUT2D eigenvalue weighted by molar-refractivity contribution is 0.238. The summed E-state index contributed by atoms with van der Waals surface area (Å²) in [7, 11) is 0. The molecule has 1 aromatic rings. The van der Waals surface area contributed by atoms with Crippen molar-refractivity contribution in [1.29, 1.82) is 0 Å². The van der Waals surface area contributed by atoms with Crippen LogP contribution in [-0.4, -0.2) is 18.1 Å². The Hall–Kier alpha value is -0.610. The first-order valence-electron chi connectivity index (χ1n) is 7.05. The number of nitrogens with zero attached hydrogens (tertiary/aromatic N) is 2. The van der Waals surface area contributed by atoms with Gasteiger partial charge in [-0.2, -0.15) is 0 Å². The molecule has 18 heavy (non-hydrogen) atoms. The van der Waals surface area contributed by atoms with Crippen molar-refractivity contribution in [3.8, 4) is 0 Å². The van der Waals surface area contributed by atoms with Gasteiger partial charge >= 0.3 is 0 Å². The number of hydrogen-bond acceptors (Lipinski definition) is 4. The van der Waals surface area contributed by atoms with Gasteiger partial charge in [0.1, 0.15) is 0 Å². The molecule has 1 aliphatic heterocycles. The molecule has 0 aliphatic carbocycles. The highest BCUT2D eigenvalue weighted by Crippen LogP contribution is 2.37. The molecule has 0 atom stereocenters. The van der Waals surface area contributed by atoms with Crippen LogP contribution in [0.3, 0.4) is 0 Å². The van der Waals surface area contributed by atoms with Gasteiger partial charge in [-0.1, -0.05) is 27.2 Å². The molecule has 0 spiro atoms. The molecular formula is C14H25N3S. The van der Waals surface area contributed by atoms with E-state index in [1.54, 1.807) is 11.3 Å². The molecule has 1 aliphatic rings. The molecular weight excluding hydrogens is 242 g/mol. The van der Waals surface area contributed by atoms with Crippen LogP contribution >= 0.6 is 11.3 Å². The Morgan fingerprint density at radius 2 is 2.00 bits per heavy atom. The molecule has 0 bridgehead atoms. The van der Waals surface area contributed by atoms with Gasteiger partial charge in [0.15, 0.2) is 5.13 Å². The molecule has 0 radical (unpaired) electrons. The smallest absolute Gasteiger partial charge is 0.185 e. The summed E-state index contributed by atoms with van der Waals surface area (Å²) in [5.41, 5.74) is 7.52. The second-order valence-electron chi connectivity index (χ2n) is 5.58. The zero-order valence-corrected chi connectivity index (χ0v) is 12.6. The number of piperidine rings is 1. The van der Waals surface area contributed by atoms with E-state index < -0.39 is 0 Å². The average Bonchev–Trinajstić information content (AvgIpc) is 2.83. The molecule has 2 heterocycles. The Balaban J connectivity index is 2.07. The Kier molecular flexibility index (Phi) is 4.28. The van der Waals surface area contributed by atoms with Gasteiger partial charge in [0.2, 0.25) is 0 Å². The minimum atomic E-state index is 0.540. The minimum Gasteiger partial charge on any atom is -0.348 e. The molecule has 0 aromatic carbocycles. The summed E-state index contributed by atoms with van der Waals surface area (Å²) in [4.78, 5) is 8.47. The van der Waals surface area contributed by atoms with E-state index in [-0.39, 0.29) is 0 Å². The van der Waals surface area contributed by atoms with Crippen LogP contribution in [0.1, 0.15) is 50.6 Å². The predicted molar refractivity (Wildman–Crippen MR) is 79.2 cm³/mol. The maximum Gasteiger partial charge on any atom is 0.185 e. The highest BCUT2D eigenvalue weighted by Gasteiger charge is 2.29. The highest BCUT2D eigenvalue weighted by molar-refractivity contribution is 7.15. The number of aromatic nitrogens is 1. The Bertz CT molecular complexity index is 370. The molecule has 4 heteroatoms. The second-order valence-corrected chi connectivity index (χ2v) is 6.64. The van der Waals surface area contributed by atoms with Crippen LogP contribution in [0, 0.1) is 5.41 Å². The van der Waals surface area contributed by atoms with Crippen molar-refractivity contribution in [3.63, 3.8) is 0 Å². The summed E-state index contributed by atoms with van der Waals surface area (Å²) in [6, 6.07) is 0. The summed E-state index contributed by atoms with van der Waals surface area (Å²) >= 11 is 1.79. The lowest BCUT2D eigenvalue weighted by Gasteiger charge is -2.38. The maximum atomic E-state index is 5.79. The largest absolute Gasteiger partial charge is 0.348 e. The van der Waals surface area contributed by atoms with Gasteiger partial charge in [0, 0.05) is 24.5 Å². The predicted octanol–water partition coefficient (Wildman–Crippen LogP) is 3.18. The van der Waals surface area contributed by atoms with Crippen molar-refractivity contribution in [2.45, 2.75) is 53.0 Å². The summed E-state index contributed by atoms with van der Waals surface area (Å²) in [6.07, 6.45) is 4.83. The minimum absolute atomic E-state index is 0.540. The average molecular weight is 267 g/mol. The molecule has 0 amide bonds. The molecule has 0 unspecified atom stereocenters. The summed E-state index contributed by atoms with van der Waals surface area (Å²) in [5.74, 6) is 0. The van der Waals surface area contributed by atoms with Crippen LogP contribution in [-0.2, 0) is 13.0 Å². The fourth-order valence-electron chi connectivity index (χ4n) is 2.53. The SMILES string of the molecule is CCc1nc(N2CCC(C)(CC)CC2)sc1CN. The first-order valence-corrected chi connectivity index (χ1v) is 7.87. The molecule has 1 fully saturated rings. The quantitative estimate of drug-likeness (QED) is 0.911. The first-order chi connectivity index (χ1) is 8.61. The van der Waals surface area contributed by atoms with Gasteiger partial charge in [-0.05, 0) is 24.7 Å². The molecule has 102 valence electrons. The van der Waals surface area contributed by atoms with E-state index in [1.807, 2.05) is 0 Å². The number of thiazole rings is 1. The lowest BCUT2D eigenvalue weighted by atomic mass is 9.78. The topological polar surface area (TPSA) is 42.2 Å². The van der Waals surface area contributed by atoms with E-state index in [0.717, 1.165) is 19.5 Å². The number of rotatable bonds is 4. The molecule has 3 nitrogen and oxygen atoms in total. The molecule has 2 rings (SSSR count). The van der Waals surface area contributed by atoms with Gasteiger partial charge in [-0.15, -0.1) is 11.3 Å². The van der Waals surface area contributed by atoms with Crippen molar-refractivity contribution in [1.82, 2.24) is 4.98 Å². The third-order valence-corrected chi connectivity index (χ3v) is 5.56. The number of nitrogens with two attached hydrogens (primary N) is 1. The van der Waals surface area contributed by atoms with Gasteiger partial charge < -0.3 is 10.6 Å². The summed E-state index contributed by atoms with van der Waals surface area (Å²) in [6.45, 7) is 9.79. The number of anilines is 1. The van der Waals surface area contributed by atoms with Crippen molar-refractivity contribution < 1.29 is 0 Å². The zero-order valence-electron chi connectivity index (χ0n) is 11.8. The van der Waals surface area contributed by atoms with Crippen LogP contribution in [0.4, 0.5) is 5.13 Å². The van der Waals surface area contributed by atoms with Crippen LogP contribution in [0.2, 0.25) is 0 Å². The van der Waals surface area contributed by atoms with E-state index in [2.05, 4.69) is 25.7 Å². The van der Waals surface area contributed by atoms with E-state index in [9.17, 15) is 0 Å². The molecule has 1 aromatic heterocycles. The van der Waals surface area contributed by atoms with Crippen molar-refractivity contribution in [3.05, 3.63) is 10.6 Å². The van der Waals surface area contributed by atoms with Crippen LogP contribution in [0.5, 0.6) is 0 Å². The van der Waals surface area contributed by atoms with Crippen molar-refractivity contribution in [2.24, 2.45) is 11.1 Å². The van der Waals surface area contributed by atoms with E-state index in [1.165, 1.54) is 35.0 Å². The third-order valence-electron chi connectivity index (χ3n) is 4.38. The van der Waals surface area contributed by atoms with Crippen LogP contribution < -0.4 is 10.6 Å². The van der Waals surface area contributed by atoms with E-state index in [4.69, 9.17) is 10.7 Å². The Morgan fingerprint density at radius 3 is 2.44 bits per heavy atom. The monoisotopic (exact) mass is 267 g/mol. The van der Waals surface area contributed by atoms with E-state index >= 15 is 0 Å². The Labute approximate surface area is 114 Å². The lowest BCUT2D eigenvalue weighted by Crippen LogP contribution is -2.38. The standard InChI is InChI=1S/C14H25N3S/c1-4-11-12(10-15)18-13(16-11)17-8-6-14(3,5-2)7-9-17/h4-10,15H2,1-3H3. The van der Waals surface area contributed by atoms with Crippen LogP contribution in [0.15, 0.2) is 0 Å². The maximum absolute atomic E-state index is 5.79.